The number of ether oxygens (including phenoxy) is 1. The number of aromatic nitrogens is 1. The number of amides is 4. The Morgan fingerprint density at radius 2 is 1.71 bits per heavy atom. The van der Waals surface area contributed by atoms with E-state index in [-0.39, 0.29) is 64.7 Å². The molecule has 2 bridgehead atoms. The summed E-state index contributed by atoms with van der Waals surface area (Å²) in [6.45, 7) is 10.7. The van der Waals surface area contributed by atoms with Gasteiger partial charge in [-0.25, -0.2) is 4.98 Å². The number of fused-ring (bicyclic) bond motifs is 3. The van der Waals surface area contributed by atoms with Crippen LogP contribution >= 0.6 is 11.6 Å². The fraction of sp³-hybridized carbons (Fsp3) is 0.490. The Labute approximate surface area is 373 Å². The Morgan fingerprint density at radius 3 is 2.38 bits per heavy atom. The third-order valence-electron chi connectivity index (χ3n) is 14.7. The number of rotatable bonds is 8. The minimum Gasteiger partial charge on any atom is -0.489 e. The van der Waals surface area contributed by atoms with Gasteiger partial charge >= 0.3 is 0 Å². The Balaban J connectivity index is 0.779. The van der Waals surface area contributed by atoms with Crippen LogP contribution in [0.25, 0.3) is 0 Å². The van der Waals surface area contributed by atoms with E-state index in [1.807, 2.05) is 23.1 Å². The fourth-order valence-electron chi connectivity index (χ4n) is 12.1. The summed E-state index contributed by atoms with van der Waals surface area (Å²) in [5.74, 6) is 6.45. The molecule has 1 aromatic heterocycles. The number of piperidine rings is 1. The van der Waals surface area contributed by atoms with Gasteiger partial charge < -0.3 is 19.4 Å². The predicted octanol–water partition coefficient (Wildman–Crippen LogP) is 6.01. The molecule has 2 saturated carbocycles. The molecule has 5 fully saturated rings. The number of imide groups is 1. The van der Waals surface area contributed by atoms with Crippen molar-refractivity contribution in [1.82, 2.24) is 25.0 Å². The normalized spacial score (nSPS) is 28.0. The highest BCUT2D eigenvalue weighted by Gasteiger charge is 2.67. The Bertz CT molecular complexity index is 2520. The van der Waals surface area contributed by atoms with Crippen LogP contribution in [0.4, 0.5) is 5.69 Å². The topological polar surface area (TPSA) is 156 Å². The Morgan fingerprint density at radius 1 is 0.952 bits per heavy atom. The summed E-state index contributed by atoms with van der Waals surface area (Å²) in [7, 11) is 1.53. The van der Waals surface area contributed by atoms with E-state index >= 15 is 0 Å². The number of halogens is 1. The smallest absolute Gasteiger partial charge is 0.256 e. The first-order chi connectivity index (χ1) is 30.1. The first kappa shape index (κ1) is 42.5. The summed E-state index contributed by atoms with van der Waals surface area (Å²) in [5.41, 5.74) is 3.18. The number of likely N-dealkylation sites (tertiary alicyclic amines) is 1. The molecule has 3 unspecified atom stereocenters. The zero-order valence-corrected chi connectivity index (χ0v) is 37.1. The van der Waals surface area contributed by atoms with Gasteiger partial charge in [0, 0.05) is 84.8 Å². The number of hydrogen-bond acceptors (Lipinski definition) is 10. The highest BCUT2D eigenvalue weighted by molar-refractivity contribution is 6.31. The number of nitrogens with zero attached hydrogens (tertiary/aromatic N) is 6. The summed E-state index contributed by atoms with van der Waals surface area (Å²) >= 11 is 6.30. The number of hydrogen-bond donors (Lipinski definition) is 1. The van der Waals surface area contributed by atoms with E-state index in [4.69, 9.17) is 21.3 Å². The number of piperazine rings is 1. The molecule has 6 aliphatic rings. The van der Waals surface area contributed by atoms with Gasteiger partial charge in [-0.1, -0.05) is 45.2 Å². The maximum atomic E-state index is 13.8. The summed E-state index contributed by atoms with van der Waals surface area (Å²) in [5, 5.41) is 11.9. The highest BCUT2D eigenvalue weighted by Crippen LogP contribution is 2.59. The number of nitriles is 1. The quantitative estimate of drug-likeness (QED) is 0.162. The van der Waals surface area contributed by atoms with Gasteiger partial charge in [0.2, 0.25) is 11.8 Å². The van der Waals surface area contributed by atoms with Crippen molar-refractivity contribution in [3.05, 3.63) is 87.2 Å². The SMILES string of the molecule is CN(C(=O)c1ccc(N2CC3CC2CN3C2CCC(C#Cc3ccc4c(n3)CN(C3C(C)(C)C(Oc5ccc(C#N)c(Cl)c5)C3(C)C)C4=O)CC2)cc1C=O)C1CCC(=O)NC1=O. The molecule has 3 atom stereocenters. The summed E-state index contributed by atoms with van der Waals surface area (Å²) < 4.78 is 6.48. The van der Waals surface area contributed by atoms with Crippen LogP contribution in [-0.2, 0) is 16.1 Å². The van der Waals surface area contributed by atoms with Gasteiger partial charge in [-0.05, 0) is 86.9 Å². The second-order valence-corrected chi connectivity index (χ2v) is 19.8. The molecule has 1 N–H and O–H groups in total. The van der Waals surface area contributed by atoms with Crippen molar-refractivity contribution < 1.29 is 28.7 Å². The van der Waals surface area contributed by atoms with Crippen LogP contribution in [-0.4, -0.2) is 106 Å². The van der Waals surface area contributed by atoms with Gasteiger partial charge in [-0.2, -0.15) is 5.26 Å². The van der Waals surface area contributed by atoms with Crippen LogP contribution in [0.5, 0.6) is 5.75 Å². The van der Waals surface area contributed by atoms with Crippen LogP contribution in [0.1, 0.15) is 121 Å². The standard InChI is InChI=1S/C49H52ClN7O6/c1-48(2)46(49(3,4)47(48)63-36-15-9-29(23-51)39(50)22-36)57-26-40-38(45(57)62)16-11-31(52-40)10-6-28-7-12-32(13-8-28)55-24-35-21-34(55)25-56(35)33-14-17-37(30(20-33)27-58)44(61)54(5)41-18-19-42(59)53-43(41)60/h9,11,14-17,20,22,27-28,32,34-35,41,46-47H,7-8,12-13,18-19,21,24-26H2,1-5H3,(H,53,59,60). The number of likely N-dealkylation sites (N-methyl/N-ethyl adjacent to an activating group) is 1. The van der Waals surface area contributed by atoms with Crippen molar-refractivity contribution in [3.8, 4) is 23.7 Å². The fourth-order valence-corrected chi connectivity index (χ4v) is 12.3. The van der Waals surface area contributed by atoms with Crippen LogP contribution in [0.2, 0.25) is 5.02 Å². The summed E-state index contributed by atoms with van der Waals surface area (Å²) in [6.07, 6.45) is 6.15. The lowest BCUT2D eigenvalue weighted by Gasteiger charge is -2.65. The molecule has 9 rings (SSSR count). The van der Waals surface area contributed by atoms with E-state index < -0.39 is 17.9 Å². The largest absolute Gasteiger partial charge is 0.489 e. The Kier molecular flexibility index (Phi) is 10.9. The zero-order chi connectivity index (χ0) is 44.5. The number of carbonyl (C=O) groups excluding carboxylic acids is 5. The number of carbonyl (C=O) groups is 5. The van der Waals surface area contributed by atoms with E-state index in [0.717, 1.165) is 56.6 Å². The molecule has 63 heavy (non-hydrogen) atoms. The van der Waals surface area contributed by atoms with Gasteiger partial charge in [0.1, 0.15) is 29.7 Å². The monoisotopic (exact) mass is 869 g/mol. The number of aldehydes is 1. The molecule has 2 aliphatic carbocycles. The predicted molar refractivity (Wildman–Crippen MR) is 235 cm³/mol. The summed E-state index contributed by atoms with van der Waals surface area (Å²) in [6, 6.07) is 16.7. The van der Waals surface area contributed by atoms with Crippen molar-refractivity contribution in [2.24, 2.45) is 16.7 Å². The minimum atomic E-state index is -0.765. The van der Waals surface area contributed by atoms with Crippen LogP contribution in [0, 0.1) is 39.9 Å². The molecule has 326 valence electrons. The number of pyridine rings is 1. The average molecular weight is 870 g/mol. The van der Waals surface area contributed by atoms with Gasteiger partial charge in [-0.15, -0.1) is 0 Å². The van der Waals surface area contributed by atoms with Crippen molar-refractivity contribution in [3.63, 3.8) is 0 Å². The van der Waals surface area contributed by atoms with Gasteiger partial charge in [0.25, 0.3) is 11.8 Å². The molecule has 0 radical (unpaired) electrons. The molecule has 2 aromatic carbocycles. The minimum absolute atomic E-state index is 0.0211. The highest BCUT2D eigenvalue weighted by atomic mass is 35.5. The lowest BCUT2D eigenvalue weighted by Crippen LogP contribution is -2.74. The number of nitrogens with one attached hydrogen (secondary N) is 1. The second kappa shape index (κ2) is 16.1. The van der Waals surface area contributed by atoms with E-state index in [1.54, 1.807) is 30.3 Å². The number of anilines is 1. The maximum absolute atomic E-state index is 13.8. The van der Waals surface area contributed by atoms with Crippen LogP contribution in [0.3, 0.4) is 0 Å². The van der Waals surface area contributed by atoms with E-state index in [9.17, 15) is 29.2 Å². The van der Waals surface area contributed by atoms with Crippen molar-refractivity contribution >= 4 is 47.2 Å². The molecule has 3 aromatic rings. The van der Waals surface area contributed by atoms with E-state index in [0.29, 0.717) is 58.5 Å². The average Bonchev–Trinajstić information content (AvgIpc) is 3.97. The molecule has 4 amide bonds. The maximum Gasteiger partial charge on any atom is 0.256 e. The van der Waals surface area contributed by atoms with Crippen LogP contribution < -0.4 is 15.0 Å². The van der Waals surface area contributed by atoms with Crippen molar-refractivity contribution in [1.29, 1.82) is 5.26 Å². The van der Waals surface area contributed by atoms with Gasteiger partial charge in [0.05, 0.1) is 34.0 Å². The first-order valence-corrected chi connectivity index (χ1v) is 22.4. The molecule has 0 spiro atoms. The Hall–Kier alpha value is -5.76. The first-order valence-electron chi connectivity index (χ1n) is 22.0. The molecule has 13 nitrogen and oxygen atoms in total. The lowest BCUT2D eigenvalue weighted by molar-refractivity contribution is -0.199. The van der Waals surface area contributed by atoms with Gasteiger partial charge in [0.15, 0.2) is 6.29 Å². The van der Waals surface area contributed by atoms with Crippen molar-refractivity contribution in [2.45, 2.75) is 115 Å². The number of benzene rings is 2. The summed E-state index contributed by atoms with van der Waals surface area (Å²) in [4.78, 5) is 76.7. The van der Waals surface area contributed by atoms with Gasteiger partial charge in [-0.3, -0.25) is 34.2 Å². The second-order valence-electron chi connectivity index (χ2n) is 19.4. The lowest BCUT2D eigenvalue weighted by atomic mass is 9.49. The third kappa shape index (κ3) is 7.43. The molecule has 3 saturated heterocycles. The van der Waals surface area contributed by atoms with Crippen LogP contribution in [0.15, 0.2) is 48.5 Å². The van der Waals surface area contributed by atoms with E-state index in [2.05, 4.69) is 60.7 Å². The zero-order valence-electron chi connectivity index (χ0n) is 36.3. The molecular weight excluding hydrogens is 818 g/mol. The van der Waals surface area contributed by atoms with Crippen molar-refractivity contribution in [2.75, 3.05) is 25.0 Å². The van der Waals surface area contributed by atoms with E-state index in [1.165, 1.54) is 11.9 Å². The third-order valence-corrected chi connectivity index (χ3v) is 15.1. The molecule has 4 aliphatic heterocycles. The molecule has 5 heterocycles. The molecule has 14 heteroatoms. The molecular formula is C49H52ClN7O6.